The molecule has 108 valence electrons. The molecule has 2 aliphatic heterocycles. The van der Waals surface area contributed by atoms with Gasteiger partial charge in [0.15, 0.2) is 0 Å². The zero-order chi connectivity index (χ0) is 14.6. The predicted molar refractivity (Wildman–Crippen MR) is 72.2 cm³/mol. The van der Waals surface area contributed by atoms with Gasteiger partial charge >= 0.3 is 6.18 Å². The Labute approximate surface area is 118 Å². The maximum Gasteiger partial charge on any atom is 0.409 e. The minimum atomic E-state index is -4.35. The quantitative estimate of drug-likeness (QED) is 0.783. The van der Waals surface area contributed by atoms with Crippen LogP contribution in [0.15, 0.2) is 30.6 Å². The van der Waals surface area contributed by atoms with Crippen molar-refractivity contribution in [3.8, 4) is 11.3 Å². The molecule has 2 N–H and O–H groups in total. The maximum atomic E-state index is 13.4. The van der Waals surface area contributed by atoms with Gasteiger partial charge < -0.3 is 10.6 Å². The van der Waals surface area contributed by atoms with Crippen molar-refractivity contribution in [2.75, 3.05) is 17.2 Å². The van der Waals surface area contributed by atoms with Gasteiger partial charge in [-0.25, -0.2) is 9.97 Å². The Morgan fingerprint density at radius 1 is 1.14 bits per heavy atom. The molecule has 0 saturated carbocycles. The standard InChI is InChI=1S/C14H11F3N4/c15-14(16,17)12-8-5-18-13-10(8)11(19-6-20-13)7-3-1-2-4-9(7)21-12/h1-4,6,8,12,21H,5H2,(H,18,19,20). The first kappa shape index (κ1) is 12.4. The molecule has 1 aromatic heterocycles. The zero-order valence-corrected chi connectivity index (χ0v) is 10.8. The first-order chi connectivity index (χ1) is 10.1. The van der Waals surface area contributed by atoms with Gasteiger partial charge in [0.1, 0.15) is 18.2 Å². The summed E-state index contributed by atoms with van der Waals surface area (Å²) in [5.74, 6) is -0.235. The Bertz CT molecular complexity index is 714. The van der Waals surface area contributed by atoms with Crippen LogP contribution in [0.3, 0.4) is 0 Å². The molecule has 0 amide bonds. The van der Waals surface area contributed by atoms with Gasteiger partial charge in [-0.05, 0) is 6.07 Å². The van der Waals surface area contributed by atoms with E-state index in [1.54, 1.807) is 24.3 Å². The smallest absolute Gasteiger partial charge is 0.373 e. The Morgan fingerprint density at radius 3 is 2.76 bits per heavy atom. The van der Waals surface area contributed by atoms with Crippen molar-refractivity contribution in [1.82, 2.24) is 9.97 Å². The number of nitrogens with one attached hydrogen (secondary N) is 2. The second kappa shape index (κ2) is 4.09. The second-order valence-corrected chi connectivity index (χ2v) is 5.18. The van der Waals surface area contributed by atoms with Crippen LogP contribution >= 0.6 is 0 Å². The average molecular weight is 292 g/mol. The molecule has 0 spiro atoms. The molecule has 1 aromatic carbocycles. The molecule has 4 nitrogen and oxygen atoms in total. The molecule has 0 aliphatic carbocycles. The van der Waals surface area contributed by atoms with Crippen molar-refractivity contribution in [3.05, 3.63) is 36.2 Å². The lowest BCUT2D eigenvalue weighted by molar-refractivity contribution is -0.146. The molecule has 2 unspecified atom stereocenters. The van der Waals surface area contributed by atoms with Crippen LogP contribution in [0.2, 0.25) is 0 Å². The first-order valence-electron chi connectivity index (χ1n) is 6.57. The molecule has 2 aromatic rings. The van der Waals surface area contributed by atoms with Gasteiger partial charge in [-0.15, -0.1) is 0 Å². The minimum Gasteiger partial charge on any atom is -0.373 e. The number of nitrogens with zero attached hydrogens (tertiary/aromatic N) is 2. The number of fused-ring (bicyclic) bond motifs is 2. The van der Waals surface area contributed by atoms with E-state index in [0.29, 0.717) is 28.3 Å². The second-order valence-electron chi connectivity index (χ2n) is 5.18. The van der Waals surface area contributed by atoms with E-state index in [9.17, 15) is 13.2 Å². The molecule has 0 saturated heterocycles. The van der Waals surface area contributed by atoms with Crippen molar-refractivity contribution in [3.63, 3.8) is 0 Å². The highest BCUT2D eigenvalue weighted by Crippen LogP contribution is 2.47. The third-order valence-electron chi connectivity index (χ3n) is 3.99. The molecular formula is C14H11F3N4. The molecule has 0 bridgehead atoms. The van der Waals surface area contributed by atoms with Gasteiger partial charge in [-0.2, -0.15) is 13.2 Å². The molecule has 0 fully saturated rings. The van der Waals surface area contributed by atoms with Crippen LogP contribution in [0.25, 0.3) is 11.3 Å². The SMILES string of the molecule is FC(F)(F)C1Nc2ccccc2-c2ncnc3c2C1CN3. The highest BCUT2D eigenvalue weighted by atomic mass is 19.4. The molecular weight excluding hydrogens is 281 g/mol. The largest absolute Gasteiger partial charge is 0.409 e. The van der Waals surface area contributed by atoms with Gasteiger partial charge in [0.25, 0.3) is 0 Å². The summed E-state index contributed by atoms with van der Waals surface area (Å²) in [6.07, 6.45) is -2.97. The van der Waals surface area contributed by atoms with E-state index in [4.69, 9.17) is 0 Å². The monoisotopic (exact) mass is 292 g/mol. The lowest BCUT2D eigenvalue weighted by atomic mass is 9.92. The van der Waals surface area contributed by atoms with Crippen LogP contribution in [0.4, 0.5) is 24.7 Å². The summed E-state index contributed by atoms with van der Waals surface area (Å²) in [7, 11) is 0. The van der Waals surface area contributed by atoms with Gasteiger partial charge in [0.05, 0.1) is 5.69 Å². The number of benzene rings is 1. The summed E-state index contributed by atoms with van der Waals surface area (Å²) in [6.45, 7) is 0.201. The van der Waals surface area contributed by atoms with E-state index < -0.39 is 18.1 Å². The van der Waals surface area contributed by atoms with Gasteiger partial charge in [0.2, 0.25) is 0 Å². The van der Waals surface area contributed by atoms with E-state index in [-0.39, 0.29) is 6.54 Å². The van der Waals surface area contributed by atoms with Crippen molar-refractivity contribution < 1.29 is 13.2 Å². The first-order valence-corrected chi connectivity index (χ1v) is 6.57. The van der Waals surface area contributed by atoms with Crippen molar-refractivity contribution in [2.24, 2.45) is 0 Å². The molecule has 21 heavy (non-hydrogen) atoms. The summed E-state index contributed by atoms with van der Waals surface area (Å²) in [5.41, 5.74) is 2.26. The lowest BCUT2D eigenvalue weighted by Crippen LogP contribution is -2.41. The van der Waals surface area contributed by atoms with Crippen LogP contribution in [0, 0.1) is 0 Å². The number of para-hydroxylation sites is 1. The molecule has 0 radical (unpaired) electrons. The highest BCUT2D eigenvalue weighted by Gasteiger charge is 2.50. The lowest BCUT2D eigenvalue weighted by Gasteiger charge is -2.26. The van der Waals surface area contributed by atoms with Crippen molar-refractivity contribution >= 4 is 11.5 Å². The Balaban J connectivity index is 2.01. The highest BCUT2D eigenvalue weighted by molar-refractivity contribution is 5.83. The van der Waals surface area contributed by atoms with Gasteiger partial charge in [-0.3, -0.25) is 0 Å². The normalized spacial score (nSPS) is 22.6. The summed E-state index contributed by atoms with van der Waals surface area (Å²) < 4.78 is 40.3. The Kier molecular flexibility index (Phi) is 2.42. The third kappa shape index (κ3) is 1.76. The summed E-state index contributed by atoms with van der Waals surface area (Å²) in [6, 6.07) is 5.28. The number of rotatable bonds is 0. The number of aromatic nitrogens is 2. The van der Waals surface area contributed by atoms with Crippen molar-refractivity contribution in [2.45, 2.75) is 18.1 Å². The summed E-state index contributed by atoms with van der Waals surface area (Å²) in [4.78, 5) is 8.30. The zero-order valence-electron chi connectivity index (χ0n) is 10.8. The molecule has 3 heterocycles. The van der Waals surface area contributed by atoms with Crippen LogP contribution < -0.4 is 10.6 Å². The van der Waals surface area contributed by atoms with Gasteiger partial charge in [-0.1, -0.05) is 18.2 Å². The van der Waals surface area contributed by atoms with Crippen LogP contribution in [0.1, 0.15) is 11.5 Å². The molecule has 7 heteroatoms. The predicted octanol–water partition coefficient (Wildman–Crippen LogP) is 3.01. The average Bonchev–Trinajstić information content (AvgIpc) is 2.80. The van der Waals surface area contributed by atoms with Crippen LogP contribution in [0.5, 0.6) is 0 Å². The van der Waals surface area contributed by atoms with Crippen molar-refractivity contribution in [1.29, 1.82) is 0 Å². The van der Waals surface area contributed by atoms with E-state index in [0.717, 1.165) is 0 Å². The molecule has 4 rings (SSSR count). The fourth-order valence-electron chi connectivity index (χ4n) is 3.09. The number of halogens is 3. The molecule has 2 atom stereocenters. The molecule has 2 aliphatic rings. The maximum absolute atomic E-state index is 13.4. The van der Waals surface area contributed by atoms with Crippen LogP contribution in [-0.2, 0) is 0 Å². The topological polar surface area (TPSA) is 49.8 Å². The fraction of sp³-hybridized carbons (Fsp3) is 0.286. The van der Waals surface area contributed by atoms with E-state index >= 15 is 0 Å². The third-order valence-corrected chi connectivity index (χ3v) is 3.99. The summed E-state index contributed by atoms with van der Waals surface area (Å²) >= 11 is 0. The minimum absolute atomic E-state index is 0.201. The number of hydrogen-bond donors (Lipinski definition) is 2. The Hall–Kier alpha value is -2.31. The number of anilines is 2. The summed E-state index contributed by atoms with van der Waals surface area (Å²) in [5, 5.41) is 5.60. The van der Waals surface area contributed by atoms with E-state index in [2.05, 4.69) is 20.6 Å². The number of alkyl halides is 3. The Morgan fingerprint density at radius 2 is 1.95 bits per heavy atom. The number of hydrogen-bond acceptors (Lipinski definition) is 4. The van der Waals surface area contributed by atoms with E-state index in [1.807, 2.05) is 0 Å². The fourth-order valence-corrected chi connectivity index (χ4v) is 3.09. The van der Waals surface area contributed by atoms with Crippen LogP contribution in [-0.4, -0.2) is 28.7 Å². The van der Waals surface area contributed by atoms with Gasteiger partial charge in [0, 0.05) is 29.3 Å². The van der Waals surface area contributed by atoms with E-state index in [1.165, 1.54) is 6.33 Å².